The fourth-order valence-electron chi connectivity index (χ4n) is 2.79. The molecule has 158 valence electrons. The van der Waals surface area contributed by atoms with E-state index in [4.69, 9.17) is 0 Å². The highest BCUT2D eigenvalue weighted by molar-refractivity contribution is 8.00. The number of benzene rings is 2. The summed E-state index contributed by atoms with van der Waals surface area (Å²) in [5.74, 6) is -5.22. The highest BCUT2D eigenvalue weighted by atomic mass is 32.2. The Morgan fingerprint density at radius 2 is 1.87 bits per heavy atom. The van der Waals surface area contributed by atoms with Gasteiger partial charge in [-0.3, -0.25) is 9.59 Å². The van der Waals surface area contributed by atoms with Crippen molar-refractivity contribution in [1.29, 1.82) is 0 Å². The van der Waals surface area contributed by atoms with Gasteiger partial charge in [0.2, 0.25) is 5.91 Å². The zero-order valence-corrected chi connectivity index (χ0v) is 16.7. The van der Waals surface area contributed by atoms with Gasteiger partial charge < -0.3 is 10.3 Å². The lowest BCUT2D eigenvalue weighted by molar-refractivity contribution is -0.115. The molecule has 2 heterocycles. The number of nitrogens with one attached hydrogen (secondary N) is 2. The average Bonchev–Trinajstić information content (AvgIpc) is 3.19. The average molecular weight is 445 g/mol. The minimum Gasteiger partial charge on any atom is -0.323 e. The molecule has 0 saturated carbocycles. The number of halogens is 3. The number of anilines is 1. The van der Waals surface area contributed by atoms with Crippen LogP contribution in [-0.2, 0) is 4.79 Å². The van der Waals surface area contributed by atoms with Crippen molar-refractivity contribution in [3.05, 3.63) is 76.5 Å². The standard InChI is InChI=1S/C20H14F3N5O2S/c1-10(18(29)25-14-8-7-13(21)15(22)16(14)23)31-20-26-17-12(19(30)27-20)9-24-28(17)11-5-3-2-4-6-11/h2-10H,1H3,(H,25,29)(H,26,27,30)/t10-/m0/s1. The van der Waals surface area contributed by atoms with Gasteiger partial charge in [0.1, 0.15) is 5.39 Å². The molecule has 0 spiro atoms. The number of para-hydroxylation sites is 1. The van der Waals surface area contributed by atoms with E-state index in [9.17, 15) is 22.8 Å². The third-order valence-electron chi connectivity index (χ3n) is 4.37. The van der Waals surface area contributed by atoms with Gasteiger partial charge in [-0.2, -0.15) is 5.10 Å². The largest absolute Gasteiger partial charge is 0.323 e. The molecule has 4 rings (SSSR count). The number of carbonyl (C=O) groups excluding carboxylic acids is 1. The first-order chi connectivity index (χ1) is 14.8. The number of H-pyrrole nitrogens is 1. The van der Waals surface area contributed by atoms with Crippen LogP contribution >= 0.6 is 11.8 Å². The van der Waals surface area contributed by atoms with Crippen LogP contribution in [0.3, 0.4) is 0 Å². The predicted octanol–water partition coefficient (Wildman–Crippen LogP) is 3.65. The van der Waals surface area contributed by atoms with Crippen molar-refractivity contribution in [3.8, 4) is 5.69 Å². The number of fused-ring (bicyclic) bond motifs is 1. The summed E-state index contributed by atoms with van der Waals surface area (Å²) in [6.07, 6.45) is 1.39. The van der Waals surface area contributed by atoms with Crippen LogP contribution in [0.25, 0.3) is 16.7 Å². The van der Waals surface area contributed by atoms with Gasteiger partial charge in [0, 0.05) is 0 Å². The zero-order chi connectivity index (χ0) is 22.1. The Morgan fingerprint density at radius 3 is 2.61 bits per heavy atom. The molecule has 2 aromatic carbocycles. The number of carbonyl (C=O) groups is 1. The minimum atomic E-state index is -1.68. The molecule has 2 aromatic heterocycles. The molecule has 0 saturated heterocycles. The Hall–Kier alpha value is -3.60. The van der Waals surface area contributed by atoms with Gasteiger partial charge in [0.15, 0.2) is 28.3 Å². The molecular weight excluding hydrogens is 431 g/mol. The van der Waals surface area contributed by atoms with Crippen LogP contribution < -0.4 is 10.9 Å². The molecule has 1 amide bonds. The predicted molar refractivity (Wildman–Crippen MR) is 110 cm³/mol. The quantitative estimate of drug-likeness (QED) is 0.278. The molecule has 1 atom stereocenters. The highest BCUT2D eigenvalue weighted by Gasteiger charge is 2.21. The Balaban J connectivity index is 1.59. The van der Waals surface area contributed by atoms with E-state index in [2.05, 4.69) is 20.4 Å². The summed E-state index contributed by atoms with van der Waals surface area (Å²) < 4.78 is 41.7. The smallest absolute Gasteiger partial charge is 0.262 e. The van der Waals surface area contributed by atoms with Crippen LogP contribution in [0.1, 0.15) is 6.92 Å². The second-order valence-corrected chi connectivity index (χ2v) is 7.80. The van der Waals surface area contributed by atoms with E-state index in [-0.39, 0.29) is 10.5 Å². The van der Waals surface area contributed by atoms with Crippen molar-refractivity contribution in [1.82, 2.24) is 19.7 Å². The molecule has 0 aliphatic heterocycles. The van der Waals surface area contributed by atoms with Gasteiger partial charge in [-0.25, -0.2) is 22.8 Å². The molecule has 4 aromatic rings. The summed E-state index contributed by atoms with van der Waals surface area (Å²) in [4.78, 5) is 31.8. The maximum Gasteiger partial charge on any atom is 0.262 e. The zero-order valence-electron chi connectivity index (χ0n) is 15.9. The van der Waals surface area contributed by atoms with E-state index in [1.165, 1.54) is 17.8 Å². The number of aromatic amines is 1. The maximum absolute atomic E-state index is 13.8. The molecule has 0 fully saturated rings. The van der Waals surface area contributed by atoms with Crippen molar-refractivity contribution in [2.75, 3.05) is 5.32 Å². The molecule has 11 heteroatoms. The van der Waals surface area contributed by atoms with Gasteiger partial charge in [0.05, 0.1) is 22.8 Å². The van der Waals surface area contributed by atoms with Crippen molar-refractivity contribution >= 4 is 34.4 Å². The van der Waals surface area contributed by atoms with Crippen LogP contribution in [0.4, 0.5) is 18.9 Å². The molecule has 0 aliphatic rings. The topological polar surface area (TPSA) is 92.7 Å². The third-order valence-corrected chi connectivity index (χ3v) is 5.35. The normalized spacial score (nSPS) is 12.1. The summed E-state index contributed by atoms with van der Waals surface area (Å²) in [6.45, 7) is 1.50. The van der Waals surface area contributed by atoms with E-state index in [1.807, 2.05) is 18.2 Å². The number of hydrogen-bond donors (Lipinski definition) is 2. The van der Waals surface area contributed by atoms with Crippen LogP contribution in [0.2, 0.25) is 0 Å². The van der Waals surface area contributed by atoms with Gasteiger partial charge in [-0.15, -0.1) is 0 Å². The minimum absolute atomic E-state index is 0.142. The first kappa shape index (κ1) is 20.7. The van der Waals surface area contributed by atoms with Gasteiger partial charge in [-0.1, -0.05) is 30.0 Å². The monoisotopic (exact) mass is 445 g/mol. The molecule has 7 nitrogen and oxygen atoms in total. The van der Waals surface area contributed by atoms with E-state index in [0.717, 1.165) is 17.8 Å². The third kappa shape index (κ3) is 4.04. The molecule has 31 heavy (non-hydrogen) atoms. The van der Waals surface area contributed by atoms with Crippen molar-refractivity contribution in [3.63, 3.8) is 0 Å². The summed E-state index contributed by atoms with van der Waals surface area (Å²) in [5, 5.41) is 5.97. The second-order valence-electron chi connectivity index (χ2n) is 6.47. The van der Waals surface area contributed by atoms with Crippen LogP contribution in [0, 0.1) is 17.5 Å². The Bertz CT molecular complexity index is 1340. The number of thioether (sulfide) groups is 1. The SMILES string of the molecule is C[C@H](Sc1nc2c(cnn2-c2ccccc2)c(=O)[nH]1)C(=O)Nc1ccc(F)c(F)c1F. The molecule has 0 unspecified atom stereocenters. The van der Waals surface area contributed by atoms with Crippen molar-refractivity contribution in [2.24, 2.45) is 0 Å². The van der Waals surface area contributed by atoms with Crippen LogP contribution in [-0.4, -0.2) is 30.9 Å². The van der Waals surface area contributed by atoms with E-state index in [1.54, 1.807) is 12.1 Å². The lowest BCUT2D eigenvalue weighted by Gasteiger charge is -2.12. The van der Waals surface area contributed by atoms with Gasteiger partial charge in [-0.05, 0) is 31.2 Å². The Labute approximate surface area is 177 Å². The van der Waals surface area contributed by atoms with Crippen molar-refractivity contribution in [2.45, 2.75) is 17.3 Å². The lowest BCUT2D eigenvalue weighted by atomic mass is 10.2. The first-order valence-corrected chi connectivity index (χ1v) is 9.87. The van der Waals surface area contributed by atoms with Crippen LogP contribution in [0.15, 0.2) is 58.6 Å². The fourth-order valence-corrected chi connectivity index (χ4v) is 3.58. The number of aromatic nitrogens is 4. The maximum atomic E-state index is 13.8. The first-order valence-electron chi connectivity index (χ1n) is 8.99. The number of nitrogens with zero attached hydrogens (tertiary/aromatic N) is 3. The van der Waals surface area contributed by atoms with E-state index >= 15 is 0 Å². The van der Waals surface area contributed by atoms with Crippen molar-refractivity contribution < 1.29 is 18.0 Å². The molecule has 0 radical (unpaired) electrons. The molecule has 0 bridgehead atoms. The summed E-state index contributed by atoms with van der Waals surface area (Å²) >= 11 is 0.910. The van der Waals surface area contributed by atoms with Crippen LogP contribution in [0.5, 0.6) is 0 Å². The summed E-state index contributed by atoms with van der Waals surface area (Å²) in [7, 11) is 0. The fraction of sp³-hybridized carbons (Fsp3) is 0.100. The number of rotatable bonds is 5. The van der Waals surface area contributed by atoms with Gasteiger partial charge >= 0.3 is 0 Å². The van der Waals surface area contributed by atoms with E-state index in [0.29, 0.717) is 17.4 Å². The highest BCUT2D eigenvalue weighted by Crippen LogP contribution is 2.24. The van der Waals surface area contributed by atoms with E-state index < -0.39 is 39.9 Å². The second kappa shape index (κ2) is 8.26. The number of hydrogen-bond acceptors (Lipinski definition) is 5. The molecule has 0 aliphatic carbocycles. The summed E-state index contributed by atoms with van der Waals surface area (Å²) in [5.41, 5.74) is 0.0761. The number of amides is 1. The summed E-state index contributed by atoms with van der Waals surface area (Å²) in [6, 6.07) is 10.7. The Morgan fingerprint density at radius 1 is 1.13 bits per heavy atom. The molecular formula is C20H14F3N5O2S. The molecule has 2 N–H and O–H groups in total. The Kier molecular flexibility index (Phi) is 5.51. The van der Waals surface area contributed by atoms with Gasteiger partial charge in [0.25, 0.3) is 5.56 Å². The lowest BCUT2D eigenvalue weighted by Crippen LogP contribution is -2.24.